The van der Waals surface area contributed by atoms with Gasteiger partial charge in [0.25, 0.3) is 0 Å². The van der Waals surface area contributed by atoms with Gasteiger partial charge in [0.2, 0.25) is 0 Å². The van der Waals surface area contributed by atoms with Crippen LogP contribution in [0.1, 0.15) is 33.6 Å². The minimum atomic E-state index is 0.494. The summed E-state index contributed by atoms with van der Waals surface area (Å²) in [6.45, 7) is 10.6. The van der Waals surface area contributed by atoms with Crippen molar-refractivity contribution in [1.82, 2.24) is 0 Å². The number of allylic oxidation sites excluding steroid dienone is 3. The monoisotopic (exact) mass is 136 g/mol. The second-order valence-corrected chi connectivity index (χ2v) is 4.05. The van der Waals surface area contributed by atoms with Crippen LogP contribution in [-0.4, -0.2) is 0 Å². The van der Waals surface area contributed by atoms with E-state index >= 15 is 0 Å². The van der Waals surface area contributed by atoms with E-state index in [1.165, 1.54) is 24.0 Å². The molecule has 0 aromatic heterocycles. The van der Waals surface area contributed by atoms with Crippen LogP contribution in [0.5, 0.6) is 0 Å². The molecule has 1 aliphatic carbocycles. The van der Waals surface area contributed by atoms with E-state index in [4.69, 9.17) is 0 Å². The molecule has 0 bridgehead atoms. The van der Waals surface area contributed by atoms with Gasteiger partial charge >= 0.3 is 0 Å². The van der Waals surface area contributed by atoms with Crippen molar-refractivity contribution in [3.8, 4) is 0 Å². The molecule has 0 unspecified atom stereocenters. The molecule has 0 aliphatic heterocycles. The summed E-state index contributed by atoms with van der Waals surface area (Å²) in [7, 11) is 0. The van der Waals surface area contributed by atoms with Gasteiger partial charge in [-0.2, -0.15) is 0 Å². The Kier molecular flexibility index (Phi) is 1.72. The first-order chi connectivity index (χ1) is 4.51. The average Bonchev–Trinajstić information content (AvgIpc) is 2.10. The molecule has 0 N–H and O–H groups in total. The minimum absolute atomic E-state index is 0.494. The Morgan fingerprint density at radius 2 is 2.20 bits per heavy atom. The third-order valence-corrected chi connectivity index (χ3v) is 2.12. The molecular formula is C10H16. The number of hydrogen-bond donors (Lipinski definition) is 0. The predicted octanol–water partition coefficient (Wildman–Crippen LogP) is 3.31. The summed E-state index contributed by atoms with van der Waals surface area (Å²) in [6, 6.07) is 0. The quantitative estimate of drug-likeness (QED) is 0.518. The van der Waals surface area contributed by atoms with Gasteiger partial charge < -0.3 is 0 Å². The van der Waals surface area contributed by atoms with E-state index in [0.29, 0.717) is 5.41 Å². The fourth-order valence-electron chi connectivity index (χ4n) is 1.38. The van der Waals surface area contributed by atoms with Gasteiger partial charge in [0.05, 0.1) is 0 Å². The molecule has 1 aliphatic rings. The van der Waals surface area contributed by atoms with Crippen LogP contribution < -0.4 is 0 Å². The minimum Gasteiger partial charge on any atom is -0.0958 e. The summed E-state index contributed by atoms with van der Waals surface area (Å²) in [5.41, 5.74) is 3.20. The molecule has 0 aromatic carbocycles. The lowest BCUT2D eigenvalue weighted by Crippen LogP contribution is -2.04. The first kappa shape index (κ1) is 7.59. The number of hydrogen-bond acceptors (Lipinski definition) is 0. The highest BCUT2D eigenvalue weighted by molar-refractivity contribution is 5.30. The van der Waals surface area contributed by atoms with Crippen LogP contribution in [0.2, 0.25) is 0 Å². The molecule has 0 saturated heterocycles. The van der Waals surface area contributed by atoms with Crippen molar-refractivity contribution in [1.29, 1.82) is 0 Å². The van der Waals surface area contributed by atoms with Crippen molar-refractivity contribution in [2.24, 2.45) is 5.41 Å². The molecule has 0 radical (unpaired) electrons. The van der Waals surface area contributed by atoms with Crippen molar-refractivity contribution in [2.45, 2.75) is 33.6 Å². The van der Waals surface area contributed by atoms with Crippen LogP contribution >= 0.6 is 0 Å². The van der Waals surface area contributed by atoms with Gasteiger partial charge in [0.1, 0.15) is 0 Å². The zero-order chi connectivity index (χ0) is 7.78. The molecule has 1 rings (SSSR count). The van der Waals surface area contributed by atoms with E-state index < -0.39 is 0 Å². The van der Waals surface area contributed by atoms with Gasteiger partial charge in [-0.1, -0.05) is 32.1 Å². The third-order valence-electron chi connectivity index (χ3n) is 2.12. The van der Waals surface area contributed by atoms with Crippen LogP contribution in [0.3, 0.4) is 0 Å². The van der Waals surface area contributed by atoms with Crippen molar-refractivity contribution >= 4 is 0 Å². The van der Waals surface area contributed by atoms with Gasteiger partial charge in [0, 0.05) is 0 Å². The SMILES string of the molecule is C=C(C)C1=CCC(C)(C)C1. The van der Waals surface area contributed by atoms with Crippen molar-refractivity contribution < 1.29 is 0 Å². The maximum atomic E-state index is 3.93. The maximum absolute atomic E-state index is 3.93. The first-order valence-electron chi connectivity index (χ1n) is 3.86. The van der Waals surface area contributed by atoms with Gasteiger partial charge in [-0.25, -0.2) is 0 Å². The zero-order valence-electron chi connectivity index (χ0n) is 7.20. The lowest BCUT2D eigenvalue weighted by Gasteiger charge is -2.16. The molecule has 0 heterocycles. The highest BCUT2D eigenvalue weighted by Gasteiger charge is 2.23. The molecule has 0 saturated carbocycles. The van der Waals surface area contributed by atoms with E-state index in [2.05, 4.69) is 33.4 Å². The summed E-state index contributed by atoms with van der Waals surface area (Å²) < 4.78 is 0. The molecular weight excluding hydrogens is 120 g/mol. The predicted molar refractivity (Wildman–Crippen MR) is 45.9 cm³/mol. The molecule has 0 amide bonds. The van der Waals surface area contributed by atoms with Gasteiger partial charge in [-0.3, -0.25) is 0 Å². The van der Waals surface area contributed by atoms with Crippen LogP contribution in [0, 0.1) is 5.41 Å². The van der Waals surface area contributed by atoms with Gasteiger partial charge in [0.15, 0.2) is 0 Å². The fraction of sp³-hybridized carbons (Fsp3) is 0.600. The van der Waals surface area contributed by atoms with Crippen LogP contribution in [0.25, 0.3) is 0 Å². The van der Waals surface area contributed by atoms with Gasteiger partial charge in [-0.05, 0) is 30.8 Å². The lowest BCUT2D eigenvalue weighted by atomic mass is 9.89. The van der Waals surface area contributed by atoms with Crippen LogP contribution in [0.4, 0.5) is 0 Å². The highest BCUT2D eigenvalue weighted by Crippen LogP contribution is 2.38. The van der Waals surface area contributed by atoms with Crippen molar-refractivity contribution in [2.75, 3.05) is 0 Å². The first-order valence-corrected chi connectivity index (χ1v) is 3.86. The lowest BCUT2D eigenvalue weighted by molar-refractivity contribution is 0.395. The summed E-state index contributed by atoms with van der Waals surface area (Å²) in [6.07, 6.45) is 4.75. The Labute approximate surface area is 63.6 Å². The van der Waals surface area contributed by atoms with E-state index in [9.17, 15) is 0 Å². The highest BCUT2D eigenvalue weighted by atomic mass is 14.3. The summed E-state index contributed by atoms with van der Waals surface area (Å²) in [5.74, 6) is 0. The normalized spacial score (nSPS) is 22.5. The van der Waals surface area contributed by atoms with Gasteiger partial charge in [-0.15, -0.1) is 0 Å². The Morgan fingerprint density at radius 3 is 2.40 bits per heavy atom. The van der Waals surface area contributed by atoms with Crippen molar-refractivity contribution in [3.63, 3.8) is 0 Å². The molecule has 56 valence electrons. The average molecular weight is 136 g/mol. The molecule has 0 aromatic rings. The topological polar surface area (TPSA) is 0 Å². The van der Waals surface area contributed by atoms with Crippen LogP contribution in [0.15, 0.2) is 23.8 Å². The maximum Gasteiger partial charge on any atom is -0.0225 e. The largest absolute Gasteiger partial charge is 0.0958 e. The zero-order valence-corrected chi connectivity index (χ0v) is 7.20. The Morgan fingerprint density at radius 1 is 1.60 bits per heavy atom. The van der Waals surface area contributed by atoms with E-state index in [0.717, 1.165) is 0 Å². The van der Waals surface area contributed by atoms with E-state index in [1.54, 1.807) is 0 Å². The van der Waals surface area contributed by atoms with Crippen LogP contribution in [-0.2, 0) is 0 Å². The second kappa shape index (κ2) is 2.26. The Bertz CT molecular complexity index is 182. The van der Waals surface area contributed by atoms with Crippen molar-refractivity contribution in [3.05, 3.63) is 23.8 Å². The standard InChI is InChI=1S/C10H16/c1-8(2)9-5-6-10(3,4)7-9/h5H,1,6-7H2,2-4H3. The summed E-state index contributed by atoms with van der Waals surface area (Å²) in [5, 5.41) is 0. The molecule has 0 atom stereocenters. The summed E-state index contributed by atoms with van der Waals surface area (Å²) >= 11 is 0. The molecule has 0 spiro atoms. The fourth-order valence-corrected chi connectivity index (χ4v) is 1.38. The Hall–Kier alpha value is -0.520. The third kappa shape index (κ3) is 1.50. The smallest absolute Gasteiger partial charge is 0.0225 e. The van der Waals surface area contributed by atoms with E-state index in [1.807, 2.05) is 0 Å². The molecule has 0 heteroatoms. The Balaban J connectivity index is 2.64. The molecule has 0 nitrogen and oxygen atoms in total. The van der Waals surface area contributed by atoms with E-state index in [-0.39, 0.29) is 0 Å². The number of rotatable bonds is 1. The molecule has 0 fully saturated rings. The second-order valence-electron chi connectivity index (χ2n) is 4.05. The molecule has 10 heavy (non-hydrogen) atoms. The summed E-state index contributed by atoms with van der Waals surface area (Å²) in [4.78, 5) is 0.